The predicted molar refractivity (Wildman–Crippen MR) is 89.4 cm³/mol. The number of imidazole rings is 1. The first kappa shape index (κ1) is 15.3. The van der Waals surface area contributed by atoms with Gasteiger partial charge in [0.15, 0.2) is 0 Å². The molecule has 1 amide bonds. The fourth-order valence-corrected chi connectivity index (χ4v) is 2.69. The van der Waals surface area contributed by atoms with Gasteiger partial charge in [-0.1, -0.05) is 18.2 Å². The first-order chi connectivity index (χ1) is 11.1. The number of hydrazone groups is 1. The Bertz CT molecular complexity index is 734. The van der Waals surface area contributed by atoms with Crippen LogP contribution in [0.2, 0.25) is 0 Å². The van der Waals surface area contributed by atoms with E-state index < -0.39 is 0 Å². The third kappa shape index (κ3) is 3.59. The van der Waals surface area contributed by atoms with Gasteiger partial charge >= 0.3 is 0 Å². The lowest BCUT2D eigenvalue weighted by atomic mass is 10.1. The Morgan fingerprint density at radius 2 is 2.13 bits per heavy atom. The topological polar surface area (TPSA) is 62.5 Å². The zero-order chi connectivity index (χ0) is 16.2. The predicted octanol–water partition coefficient (Wildman–Crippen LogP) is 1.88. The van der Waals surface area contributed by atoms with Crippen molar-refractivity contribution < 1.29 is 4.79 Å². The molecule has 0 saturated carbocycles. The van der Waals surface area contributed by atoms with Crippen LogP contribution < -0.4 is 5.32 Å². The molecule has 23 heavy (non-hydrogen) atoms. The van der Waals surface area contributed by atoms with Gasteiger partial charge in [-0.05, 0) is 25.5 Å². The van der Waals surface area contributed by atoms with Gasteiger partial charge < -0.3 is 9.88 Å². The molecule has 0 atom stereocenters. The van der Waals surface area contributed by atoms with Crippen molar-refractivity contribution in [2.75, 3.05) is 13.1 Å². The summed E-state index contributed by atoms with van der Waals surface area (Å²) in [4.78, 5) is 16.4. The normalized spacial score (nSPS) is 14.0. The number of nitrogens with one attached hydrogen (secondary N) is 1. The number of aryl methyl sites for hydroxylation is 1. The standard InChI is InChI=1S/C17H21N5O/c1-13-7-9-21(20-13)12-17(23)19-11-15-5-3-4-6-16(15)22-10-8-18-14(22)2/h3-6,8,10H,7,9,11-12H2,1-2H3,(H,19,23). The minimum absolute atomic E-state index is 0.0133. The van der Waals surface area contributed by atoms with E-state index in [-0.39, 0.29) is 5.91 Å². The van der Waals surface area contributed by atoms with Crippen LogP contribution in [0.1, 0.15) is 24.7 Å². The first-order valence-corrected chi connectivity index (χ1v) is 7.77. The second-order valence-electron chi connectivity index (χ2n) is 5.72. The van der Waals surface area contributed by atoms with Crippen LogP contribution in [0.25, 0.3) is 5.69 Å². The highest BCUT2D eigenvalue weighted by atomic mass is 16.2. The molecule has 120 valence electrons. The average molecular weight is 311 g/mol. The van der Waals surface area contributed by atoms with Gasteiger partial charge in [0.25, 0.3) is 0 Å². The van der Waals surface area contributed by atoms with Crippen molar-refractivity contribution in [2.45, 2.75) is 26.8 Å². The van der Waals surface area contributed by atoms with Gasteiger partial charge in [0.2, 0.25) is 5.91 Å². The van der Waals surface area contributed by atoms with Gasteiger partial charge in [-0.2, -0.15) is 5.10 Å². The second-order valence-corrected chi connectivity index (χ2v) is 5.72. The summed E-state index contributed by atoms with van der Waals surface area (Å²) in [5.41, 5.74) is 3.18. The molecule has 0 radical (unpaired) electrons. The number of nitrogens with zero attached hydrogens (tertiary/aromatic N) is 4. The lowest BCUT2D eigenvalue weighted by molar-refractivity contribution is -0.122. The number of amides is 1. The monoisotopic (exact) mass is 311 g/mol. The van der Waals surface area contributed by atoms with E-state index >= 15 is 0 Å². The fraction of sp³-hybridized carbons (Fsp3) is 0.353. The number of rotatable bonds is 5. The molecule has 2 heterocycles. The van der Waals surface area contributed by atoms with Crippen LogP contribution in [0.15, 0.2) is 41.8 Å². The Hall–Kier alpha value is -2.63. The highest BCUT2D eigenvalue weighted by Gasteiger charge is 2.14. The number of carbonyl (C=O) groups excluding carboxylic acids is 1. The molecule has 2 aromatic rings. The Labute approximate surface area is 135 Å². The van der Waals surface area contributed by atoms with E-state index in [0.717, 1.165) is 35.8 Å². The Morgan fingerprint density at radius 3 is 2.83 bits per heavy atom. The molecule has 6 nitrogen and oxygen atoms in total. The Balaban J connectivity index is 1.65. The summed E-state index contributed by atoms with van der Waals surface area (Å²) < 4.78 is 2.02. The minimum Gasteiger partial charge on any atom is -0.350 e. The van der Waals surface area contributed by atoms with Crippen LogP contribution in [-0.4, -0.2) is 39.3 Å². The molecule has 1 aromatic heterocycles. The average Bonchev–Trinajstić information content (AvgIpc) is 3.14. The smallest absolute Gasteiger partial charge is 0.241 e. The molecule has 1 aliphatic rings. The maximum absolute atomic E-state index is 12.1. The summed E-state index contributed by atoms with van der Waals surface area (Å²) in [7, 11) is 0. The van der Waals surface area contributed by atoms with Crippen molar-refractivity contribution in [2.24, 2.45) is 5.10 Å². The highest BCUT2D eigenvalue weighted by molar-refractivity contribution is 5.84. The van der Waals surface area contributed by atoms with E-state index in [0.29, 0.717) is 13.1 Å². The molecule has 1 aromatic carbocycles. The molecular formula is C17H21N5O. The van der Waals surface area contributed by atoms with E-state index in [1.165, 1.54) is 0 Å². The number of para-hydroxylation sites is 1. The number of hydrogen-bond acceptors (Lipinski definition) is 4. The van der Waals surface area contributed by atoms with E-state index in [1.54, 1.807) is 6.20 Å². The van der Waals surface area contributed by atoms with Crippen LogP contribution in [0.4, 0.5) is 0 Å². The lowest BCUT2D eigenvalue weighted by Crippen LogP contribution is -2.33. The zero-order valence-corrected chi connectivity index (χ0v) is 13.5. The maximum Gasteiger partial charge on any atom is 0.241 e. The molecule has 0 saturated heterocycles. The molecule has 0 unspecified atom stereocenters. The van der Waals surface area contributed by atoms with E-state index in [2.05, 4.69) is 15.4 Å². The molecule has 6 heteroatoms. The summed E-state index contributed by atoms with van der Waals surface area (Å²) in [6.07, 6.45) is 4.64. The molecule has 0 fully saturated rings. The molecule has 1 aliphatic heterocycles. The third-order valence-electron chi connectivity index (χ3n) is 3.92. The molecule has 0 spiro atoms. The summed E-state index contributed by atoms with van der Waals surface area (Å²) in [5.74, 6) is 0.909. The number of aromatic nitrogens is 2. The lowest BCUT2D eigenvalue weighted by Gasteiger charge is -2.15. The summed E-state index contributed by atoms with van der Waals surface area (Å²) >= 11 is 0. The summed E-state index contributed by atoms with van der Waals surface area (Å²) in [5, 5.41) is 9.12. The quantitative estimate of drug-likeness (QED) is 0.917. The fourth-order valence-electron chi connectivity index (χ4n) is 2.69. The SMILES string of the molecule is CC1=NN(CC(=O)NCc2ccccc2-n2ccnc2C)CC1. The maximum atomic E-state index is 12.1. The van der Waals surface area contributed by atoms with Crippen molar-refractivity contribution in [1.82, 2.24) is 19.9 Å². The molecular weight excluding hydrogens is 290 g/mol. The van der Waals surface area contributed by atoms with E-state index in [4.69, 9.17) is 0 Å². The minimum atomic E-state index is -0.0133. The largest absolute Gasteiger partial charge is 0.350 e. The van der Waals surface area contributed by atoms with Gasteiger partial charge in [0.1, 0.15) is 12.4 Å². The third-order valence-corrected chi connectivity index (χ3v) is 3.92. The van der Waals surface area contributed by atoms with Crippen molar-refractivity contribution in [1.29, 1.82) is 0 Å². The number of carbonyl (C=O) groups is 1. The Morgan fingerprint density at radius 1 is 1.30 bits per heavy atom. The van der Waals surface area contributed by atoms with Gasteiger partial charge in [-0.25, -0.2) is 4.98 Å². The van der Waals surface area contributed by atoms with Gasteiger partial charge in [-0.15, -0.1) is 0 Å². The molecule has 1 N–H and O–H groups in total. The first-order valence-electron chi connectivity index (χ1n) is 7.77. The van der Waals surface area contributed by atoms with Crippen molar-refractivity contribution >= 4 is 11.6 Å². The molecule has 3 rings (SSSR count). The van der Waals surface area contributed by atoms with E-state index in [9.17, 15) is 4.79 Å². The molecule has 0 bridgehead atoms. The van der Waals surface area contributed by atoms with Crippen LogP contribution in [0, 0.1) is 6.92 Å². The van der Waals surface area contributed by atoms with Crippen LogP contribution in [0.5, 0.6) is 0 Å². The van der Waals surface area contributed by atoms with Crippen LogP contribution in [0.3, 0.4) is 0 Å². The van der Waals surface area contributed by atoms with E-state index in [1.807, 2.05) is 53.9 Å². The number of hydrogen-bond donors (Lipinski definition) is 1. The van der Waals surface area contributed by atoms with Crippen LogP contribution >= 0.6 is 0 Å². The summed E-state index contributed by atoms with van der Waals surface area (Å²) in [6, 6.07) is 8.02. The van der Waals surface area contributed by atoms with Crippen molar-refractivity contribution in [3.63, 3.8) is 0 Å². The van der Waals surface area contributed by atoms with Crippen LogP contribution in [-0.2, 0) is 11.3 Å². The molecule has 0 aliphatic carbocycles. The Kier molecular flexibility index (Phi) is 4.41. The van der Waals surface area contributed by atoms with Gasteiger partial charge in [0, 0.05) is 37.6 Å². The summed E-state index contributed by atoms with van der Waals surface area (Å²) in [6.45, 7) is 5.57. The second kappa shape index (κ2) is 6.64. The van der Waals surface area contributed by atoms with Gasteiger partial charge in [-0.3, -0.25) is 9.80 Å². The highest BCUT2D eigenvalue weighted by Crippen LogP contribution is 2.16. The van der Waals surface area contributed by atoms with Crippen molar-refractivity contribution in [3.05, 3.63) is 48.0 Å². The zero-order valence-electron chi connectivity index (χ0n) is 13.5. The van der Waals surface area contributed by atoms with Gasteiger partial charge in [0.05, 0.1) is 5.69 Å². The van der Waals surface area contributed by atoms with Crippen molar-refractivity contribution in [3.8, 4) is 5.69 Å². The number of benzene rings is 1.